The molecule has 126 valence electrons. The van der Waals surface area contributed by atoms with Crippen molar-refractivity contribution in [3.8, 4) is 5.75 Å². The van der Waals surface area contributed by atoms with Gasteiger partial charge in [0.2, 0.25) is 0 Å². The maximum atomic E-state index is 12.8. The normalized spacial score (nSPS) is 25.3. The number of hydrogen-bond acceptors (Lipinski definition) is 4. The van der Waals surface area contributed by atoms with Gasteiger partial charge in [0, 0.05) is 25.6 Å². The first kappa shape index (κ1) is 16.1. The van der Waals surface area contributed by atoms with Gasteiger partial charge in [0.05, 0.1) is 24.8 Å². The molecule has 1 amide bonds. The summed E-state index contributed by atoms with van der Waals surface area (Å²) in [5, 5.41) is 0. The second kappa shape index (κ2) is 6.80. The van der Waals surface area contributed by atoms with Gasteiger partial charge in [-0.2, -0.15) is 8.78 Å². The minimum absolute atomic E-state index is 0.0773. The molecule has 2 heterocycles. The first-order valence-corrected chi connectivity index (χ1v) is 7.65. The van der Waals surface area contributed by atoms with E-state index >= 15 is 0 Å². The highest BCUT2D eigenvalue weighted by molar-refractivity contribution is 5.97. The van der Waals surface area contributed by atoms with E-state index in [1.54, 1.807) is 17.0 Å². The molecule has 0 spiro atoms. The number of amides is 1. The third-order valence-corrected chi connectivity index (χ3v) is 4.36. The molecule has 1 aromatic carbocycles. The van der Waals surface area contributed by atoms with Gasteiger partial charge in [-0.25, -0.2) is 0 Å². The molecule has 0 radical (unpaired) electrons. The smallest absolute Gasteiger partial charge is 0.387 e. The van der Waals surface area contributed by atoms with E-state index in [1.165, 1.54) is 12.1 Å². The summed E-state index contributed by atoms with van der Waals surface area (Å²) in [4.78, 5) is 16.8. The van der Waals surface area contributed by atoms with Crippen LogP contribution in [0.3, 0.4) is 0 Å². The number of para-hydroxylation sites is 1. The molecule has 2 atom stereocenters. The van der Waals surface area contributed by atoms with Gasteiger partial charge in [0.25, 0.3) is 5.91 Å². The zero-order chi connectivity index (χ0) is 16.4. The van der Waals surface area contributed by atoms with E-state index < -0.39 is 6.61 Å². The number of likely N-dealkylation sites (N-methyl/N-ethyl adjacent to an activating group) is 1. The Kier molecular flexibility index (Phi) is 4.77. The van der Waals surface area contributed by atoms with Crippen molar-refractivity contribution in [3.05, 3.63) is 29.8 Å². The average molecular weight is 326 g/mol. The van der Waals surface area contributed by atoms with E-state index in [9.17, 15) is 13.6 Å². The molecule has 2 fully saturated rings. The Bertz CT molecular complexity index is 570. The van der Waals surface area contributed by atoms with Crippen LogP contribution < -0.4 is 4.74 Å². The highest BCUT2D eigenvalue weighted by Crippen LogP contribution is 2.25. The van der Waals surface area contributed by atoms with Gasteiger partial charge >= 0.3 is 6.61 Å². The van der Waals surface area contributed by atoms with E-state index in [0.717, 1.165) is 6.54 Å². The molecule has 2 aliphatic rings. The molecule has 2 aliphatic heterocycles. The molecule has 0 aliphatic carbocycles. The molecule has 1 aromatic rings. The first-order chi connectivity index (χ1) is 11.0. The Balaban J connectivity index is 1.83. The monoisotopic (exact) mass is 326 g/mol. The van der Waals surface area contributed by atoms with Crippen molar-refractivity contribution in [3.63, 3.8) is 0 Å². The summed E-state index contributed by atoms with van der Waals surface area (Å²) in [6, 6.07) is 6.27. The summed E-state index contributed by atoms with van der Waals surface area (Å²) >= 11 is 0. The predicted molar refractivity (Wildman–Crippen MR) is 79.7 cm³/mol. The van der Waals surface area contributed by atoms with Gasteiger partial charge in [0.15, 0.2) is 0 Å². The Morgan fingerprint density at radius 3 is 2.83 bits per heavy atom. The number of nitrogens with zero attached hydrogens (tertiary/aromatic N) is 2. The summed E-state index contributed by atoms with van der Waals surface area (Å²) in [6.45, 7) is 0.180. The zero-order valence-corrected chi connectivity index (χ0v) is 13.0. The number of rotatable bonds is 3. The van der Waals surface area contributed by atoms with Crippen molar-refractivity contribution in [1.29, 1.82) is 0 Å². The van der Waals surface area contributed by atoms with E-state index in [2.05, 4.69) is 9.64 Å². The van der Waals surface area contributed by atoms with E-state index in [0.29, 0.717) is 26.3 Å². The minimum Gasteiger partial charge on any atom is -0.434 e. The summed E-state index contributed by atoms with van der Waals surface area (Å²) in [5.74, 6) is -0.125. The van der Waals surface area contributed by atoms with Gasteiger partial charge in [-0.1, -0.05) is 12.1 Å². The fourth-order valence-corrected chi connectivity index (χ4v) is 3.23. The molecule has 0 N–H and O–H groups in total. The molecule has 0 saturated carbocycles. The van der Waals surface area contributed by atoms with Crippen molar-refractivity contribution in [2.45, 2.75) is 12.7 Å². The fraction of sp³-hybridized carbons (Fsp3) is 0.562. The number of fused-ring (bicyclic) bond motifs is 3. The number of carbonyl (C=O) groups is 1. The SMILES string of the molecule is CN1C[C@H]2COC[C@@H]1CN(C(=O)c1ccccc1OC(F)F)C2. The van der Waals surface area contributed by atoms with Gasteiger partial charge in [0.1, 0.15) is 5.75 Å². The average Bonchev–Trinajstić information content (AvgIpc) is 2.75. The van der Waals surface area contributed by atoms with Crippen LogP contribution in [0, 0.1) is 5.92 Å². The summed E-state index contributed by atoms with van der Waals surface area (Å²) < 4.78 is 35.2. The van der Waals surface area contributed by atoms with Crippen LogP contribution in [0.2, 0.25) is 0 Å². The quantitative estimate of drug-likeness (QED) is 0.848. The number of halogens is 2. The van der Waals surface area contributed by atoms with Crippen molar-refractivity contribution in [1.82, 2.24) is 9.80 Å². The van der Waals surface area contributed by atoms with E-state index in [4.69, 9.17) is 4.74 Å². The number of ether oxygens (including phenoxy) is 2. The van der Waals surface area contributed by atoms with Crippen LogP contribution >= 0.6 is 0 Å². The Labute approximate surface area is 133 Å². The molecule has 5 nitrogen and oxygen atoms in total. The number of hydrogen-bond donors (Lipinski definition) is 0. The first-order valence-electron chi connectivity index (χ1n) is 7.65. The minimum atomic E-state index is -2.95. The summed E-state index contributed by atoms with van der Waals surface area (Å²) in [7, 11) is 2.02. The van der Waals surface area contributed by atoms with Crippen LogP contribution in [0.4, 0.5) is 8.78 Å². The molecular formula is C16H20F2N2O3. The second-order valence-corrected chi connectivity index (χ2v) is 6.08. The van der Waals surface area contributed by atoms with Crippen molar-refractivity contribution < 1.29 is 23.0 Å². The summed E-state index contributed by atoms with van der Waals surface area (Å²) in [6.07, 6.45) is 0. The highest BCUT2D eigenvalue weighted by atomic mass is 19.3. The maximum absolute atomic E-state index is 12.8. The Morgan fingerprint density at radius 2 is 2.04 bits per heavy atom. The van der Waals surface area contributed by atoms with Crippen molar-refractivity contribution >= 4 is 5.91 Å². The predicted octanol–water partition coefficient (Wildman–Crippen LogP) is 1.69. The molecule has 23 heavy (non-hydrogen) atoms. The van der Waals surface area contributed by atoms with Gasteiger partial charge in [-0.15, -0.1) is 0 Å². The second-order valence-electron chi connectivity index (χ2n) is 6.08. The molecular weight excluding hydrogens is 306 g/mol. The van der Waals surface area contributed by atoms with Crippen LogP contribution in [0.15, 0.2) is 24.3 Å². The Hall–Kier alpha value is -1.73. The van der Waals surface area contributed by atoms with Crippen LogP contribution in [-0.4, -0.2) is 68.3 Å². The summed E-state index contributed by atoms with van der Waals surface area (Å²) in [5.41, 5.74) is 0.177. The van der Waals surface area contributed by atoms with Crippen LogP contribution in [-0.2, 0) is 4.74 Å². The lowest BCUT2D eigenvalue weighted by atomic mass is 10.1. The Morgan fingerprint density at radius 1 is 1.26 bits per heavy atom. The zero-order valence-electron chi connectivity index (χ0n) is 13.0. The van der Waals surface area contributed by atoms with Gasteiger partial charge < -0.3 is 14.4 Å². The lowest BCUT2D eigenvalue weighted by molar-refractivity contribution is -0.0503. The van der Waals surface area contributed by atoms with Gasteiger partial charge in [-0.3, -0.25) is 9.69 Å². The number of carbonyl (C=O) groups excluding carboxylic acids is 1. The fourth-order valence-electron chi connectivity index (χ4n) is 3.23. The third kappa shape index (κ3) is 3.61. The molecule has 0 aromatic heterocycles. The van der Waals surface area contributed by atoms with E-state index in [1.807, 2.05) is 7.05 Å². The van der Waals surface area contributed by atoms with Crippen molar-refractivity contribution in [2.75, 3.05) is 39.9 Å². The lowest BCUT2D eigenvalue weighted by Gasteiger charge is -2.30. The molecule has 0 unspecified atom stereocenters. The van der Waals surface area contributed by atoms with Crippen LogP contribution in [0.5, 0.6) is 5.75 Å². The number of alkyl halides is 2. The highest BCUT2D eigenvalue weighted by Gasteiger charge is 2.34. The van der Waals surface area contributed by atoms with Crippen LogP contribution in [0.1, 0.15) is 10.4 Å². The molecule has 2 bridgehead atoms. The topological polar surface area (TPSA) is 42.0 Å². The van der Waals surface area contributed by atoms with Crippen LogP contribution in [0.25, 0.3) is 0 Å². The number of benzene rings is 1. The molecule has 2 saturated heterocycles. The van der Waals surface area contributed by atoms with Crippen molar-refractivity contribution in [2.24, 2.45) is 5.92 Å². The largest absolute Gasteiger partial charge is 0.434 e. The van der Waals surface area contributed by atoms with E-state index in [-0.39, 0.29) is 29.2 Å². The van der Waals surface area contributed by atoms with Gasteiger partial charge in [-0.05, 0) is 19.2 Å². The lowest BCUT2D eigenvalue weighted by Crippen LogP contribution is -2.44. The maximum Gasteiger partial charge on any atom is 0.387 e. The molecule has 3 rings (SSSR count). The standard InChI is InChI=1S/C16H20F2N2O3/c1-19-6-11-7-20(8-12(19)10-22-9-11)15(21)13-4-2-3-5-14(13)23-16(17)18/h2-5,11-12,16H,6-10H2,1H3/t11-,12+/m1/s1. The molecule has 7 heteroatoms. The third-order valence-electron chi connectivity index (χ3n) is 4.36.